The van der Waals surface area contributed by atoms with Gasteiger partial charge in [0, 0.05) is 38.5 Å². The topological polar surface area (TPSA) is 58.4 Å². The summed E-state index contributed by atoms with van der Waals surface area (Å²) in [5, 5.41) is 2.99. The summed E-state index contributed by atoms with van der Waals surface area (Å²) < 4.78 is 0. The molecule has 1 amide bonds. The first-order valence-corrected chi connectivity index (χ1v) is 7.31. The highest BCUT2D eigenvalue weighted by Crippen LogP contribution is 2.28. The maximum absolute atomic E-state index is 11.2. The molecule has 5 heteroatoms. The SMILES string of the molecule is CC(=O)NC1CCN(C(CC(N)=S)c2ccccc2)C1. The van der Waals surface area contributed by atoms with Crippen LogP contribution in [-0.4, -0.2) is 34.9 Å². The minimum absolute atomic E-state index is 0.0301. The first-order valence-electron chi connectivity index (χ1n) is 6.90. The second-order valence-electron chi connectivity index (χ2n) is 5.28. The van der Waals surface area contributed by atoms with Gasteiger partial charge >= 0.3 is 0 Å². The molecular weight excluding hydrogens is 270 g/mol. The molecule has 108 valence electrons. The highest BCUT2D eigenvalue weighted by Gasteiger charge is 2.29. The number of carbonyl (C=O) groups excluding carboxylic acids is 1. The molecule has 1 heterocycles. The number of rotatable bonds is 5. The van der Waals surface area contributed by atoms with Crippen LogP contribution in [-0.2, 0) is 4.79 Å². The average molecular weight is 291 g/mol. The number of thiocarbonyl (C=S) groups is 1. The maximum atomic E-state index is 11.2. The van der Waals surface area contributed by atoms with Gasteiger partial charge in [-0.25, -0.2) is 0 Å². The zero-order valence-electron chi connectivity index (χ0n) is 11.7. The van der Waals surface area contributed by atoms with Crippen molar-refractivity contribution < 1.29 is 4.79 Å². The van der Waals surface area contributed by atoms with Gasteiger partial charge in [0.05, 0.1) is 4.99 Å². The van der Waals surface area contributed by atoms with Gasteiger partial charge in [-0.3, -0.25) is 9.69 Å². The Morgan fingerprint density at radius 2 is 2.20 bits per heavy atom. The molecule has 0 aromatic heterocycles. The molecule has 2 rings (SSSR count). The van der Waals surface area contributed by atoms with E-state index in [0.29, 0.717) is 11.4 Å². The zero-order valence-corrected chi connectivity index (χ0v) is 12.5. The van der Waals surface area contributed by atoms with Gasteiger partial charge in [-0.1, -0.05) is 42.5 Å². The molecule has 1 aromatic rings. The number of nitrogens with one attached hydrogen (secondary N) is 1. The Hall–Kier alpha value is -1.46. The Morgan fingerprint density at radius 1 is 1.50 bits per heavy atom. The number of hydrogen-bond donors (Lipinski definition) is 2. The van der Waals surface area contributed by atoms with Crippen molar-refractivity contribution in [1.82, 2.24) is 10.2 Å². The van der Waals surface area contributed by atoms with Crippen LogP contribution in [0.5, 0.6) is 0 Å². The molecule has 1 saturated heterocycles. The summed E-state index contributed by atoms with van der Waals surface area (Å²) in [5.41, 5.74) is 6.97. The molecule has 4 nitrogen and oxygen atoms in total. The molecule has 0 radical (unpaired) electrons. The number of carbonyl (C=O) groups is 1. The van der Waals surface area contributed by atoms with Gasteiger partial charge in [0.15, 0.2) is 0 Å². The Morgan fingerprint density at radius 3 is 2.80 bits per heavy atom. The van der Waals surface area contributed by atoms with Crippen LogP contribution in [0.1, 0.15) is 31.4 Å². The predicted molar refractivity (Wildman–Crippen MR) is 84.4 cm³/mol. The maximum Gasteiger partial charge on any atom is 0.217 e. The summed E-state index contributed by atoms with van der Waals surface area (Å²) in [7, 11) is 0. The lowest BCUT2D eigenvalue weighted by Crippen LogP contribution is -2.37. The fourth-order valence-corrected chi connectivity index (χ4v) is 2.96. The highest BCUT2D eigenvalue weighted by molar-refractivity contribution is 7.80. The largest absolute Gasteiger partial charge is 0.393 e. The molecule has 1 aromatic carbocycles. The molecule has 2 atom stereocenters. The minimum Gasteiger partial charge on any atom is -0.393 e. The molecule has 0 saturated carbocycles. The summed E-state index contributed by atoms with van der Waals surface area (Å²) in [5.74, 6) is 0.0301. The Balaban J connectivity index is 2.08. The molecule has 1 fully saturated rings. The highest BCUT2D eigenvalue weighted by atomic mass is 32.1. The standard InChI is InChI=1S/C15H21N3OS/c1-11(19)17-13-7-8-18(10-13)14(9-15(16)20)12-5-3-2-4-6-12/h2-6,13-14H,7-10H2,1H3,(H2,16,20)(H,17,19). The van der Waals surface area contributed by atoms with Gasteiger partial charge < -0.3 is 11.1 Å². The van der Waals surface area contributed by atoms with Crippen LogP contribution < -0.4 is 11.1 Å². The van der Waals surface area contributed by atoms with Crippen molar-refractivity contribution in [3.8, 4) is 0 Å². The van der Waals surface area contributed by atoms with Crippen LogP contribution in [0.15, 0.2) is 30.3 Å². The van der Waals surface area contributed by atoms with Gasteiger partial charge in [0.2, 0.25) is 5.91 Å². The van der Waals surface area contributed by atoms with Gasteiger partial charge in [-0.05, 0) is 12.0 Å². The van der Waals surface area contributed by atoms with Crippen molar-refractivity contribution in [2.45, 2.75) is 31.8 Å². The molecule has 0 aliphatic carbocycles. The van der Waals surface area contributed by atoms with E-state index in [-0.39, 0.29) is 18.0 Å². The predicted octanol–water partition coefficient (Wildman–Crippen LogP) is 1.61. The number of nitrogens with two attached hydrogens (primary N) is 1. The van der Waals surface area contributed by atoms with Gasteiger partial charge in [0.1, 0.15) is 0 Å². The van der Waals surface area contributed by atoms with Gasteiger partial charge in [-0.2, -0.15) is 0 Å². The Bertz CT molecular complexity index is 477. The van der Waals surface area contributed by atoms with Crippen LogP contribution in [0.2, 0.25) is 0 Å². The van der Waals surface area contributed by atoms with Crippen molar-refractivity contribution in [1.29, 1.82) is 0 Å². The van der Waals surface area contributed by atoms with Crippen LogP contribution in [0.4, 0.5) is 0 Å². The first-order chi connectivity index (χ1) is 9.56. The fourth-order valence-electron chi connectivity index (χ4n) is 2.80. The molecule has 3 N–H and O–H groups in total. The second-order valence-corrected chi connectivity index (χ2v) is 5.80. The quantitative estimate of drug-likeness (QED) is 0.809. The molecule has 20 heavy (non-hydrogen) atoms. The van der Waals surface area contributed by atoms with E-state index in [9.17, 15) is 4.79 Å². The van der Waals surface area contributed by atoms with Crippen molar-refractivity contribution in [3.63, 3.8) is 0 Å². The van der Waals surface area contributed by atoms with E-state index in [1.54, 1.807) is 6.92 Å². The smallest absolute Gasteiger partial charge is 0.217 e. The molecule has 2 unspecified atom stereocenters. The van der Waals surface area contributed by atoms with Crippen molar-refractivity contribution in [3.05, 3.63) is 35.9 Å². The summed E-state index contributed by atoms with van der Waals surface area (Å²) in [6.45, 7) is 3.36. The van der Waals surface area contributed by atoms with E-state index in [0.717, 1.165) is 19.5 Å². The number of benzene rings is 1. The van der Waals surface area contributed by atoms with Crippen LogP contribution in [0.3, 0.4) is 0 Å². The number of nitrogens with zero attached hydrogens (tertiary/aromatic N) is 1. The first kappa shape index (κ1) is 14.9. The summed E-state index contributed by atoms with van der Waals surface area (Å²) in [6, 6.07) is 10.7. The van der Waals surface area contributed by atoms with E-state index in [1.807, 2.05) is 18.2 Å². The third kappa shape index (κ3) is 4.02. The van der Waals surface area contributed by atoms with Crippen LogP contribution in [0.25, 0.3) is 0 Å². The van der Waals surface area contributed by atoms with E-state index >= 15 is 0 Å². The lowest BCUT2D eigenvalue weighted by Gasteiger charge is -2.28. The fraction of sp³-hybridized carbons (Fsp3) is 0.467. The van der Waals surface area contributed by atoms with E-state index < -0.39 is 0 Å². The lowest BCUT2D eigenvalue weighted by molar-refractivity contribution is -0.119. The zero-order chi connectivity index (χ0) is 14.5. The normalized spacial score (nSPS) is 20.6. The Labute approximate surface area is 125 Å². The third-order valence-corrected chi connectivity index (χ3v) is 3.81. The van der Waals surface area contributed by atoms with Crippen molar-refractivity contribution in [2.24, 2.45) is 5.73 Å². The number of hydrogen-bond acceptors (Lipinski definition) is 3. The van der Waals surface area contributed by atoms with E-state index in [1.165, 1.54) is 5.56 Å². The molecule has 1 aliphatic heterocycles. The molecule has 0 spiro atoms. The second kappa shape index (κ2) is 6.81. The summed E-state index contributed by atoms with van der Waals surface area (Å²) >= 11 is 5.09. The van der Waals surface area contributed by atoms with Gasteiger partial charge in [-0.15, -0.1) is 0 Å². The Kier molecular flexibility index (Phi) is 5.09. The number of amides is 1. The summed E-state index contributed by atoms with van der Waals surface area (Å²) in [6.07, 6.45) is 1.65. The number of likely N-dealkylation sites (tertiary alicyclic amines) is 1. The third-order valence-electron chi connectivity index (χ3n) is 3.65. The van der Waals surface area contributed by atoms with Crippen molar-refractivity contribution >= 4 is 23.1 Å². The minimum atomic E-state index is 0.0301. The molecule has 1 aliphatic rings. The lowest BCUT2D eigenvalue weighted by atomic mass is 10.0. The molecule has 0 bridgehead atoms. The summed E-state index contributed by atoms with van der Waals surface area (Å²) in [4.78, 5) is 14.0. The van der Waals surface area contributed by atoms with Gasteiger partial charge in [0.25, 0.3) is 0 Å². The van der Waals surface area contributed by atoms with E-state index in [2.05, 4.69) is 22.3 Å². The van der Waals surface area contributed by atoms with E-state index in [4.69, 9.17) is 18.0 Å². The van der Waals surface area contributed by atoms with Crippen LogP contribution >= 0.6 is 12.2 Å². The van der Waals surface area contributed by atoms with Crippen LogP contribution in [0, 0.1) is 0 Å². The molecular formula is C15H21N3OS. The van der Waals surface area contributed by atoms with Crippen molar-refractivity contribution in [2.75, 3.05) is 13.1 Å². The average Bonchev–Trinajstić information content (AvgIpc) is 2.84. The monoisotopic (exact) mass is 291 g/mol.